The molecule has 0 saturated heterocycles. The van der Waals surface area contributed by atoms with Gasteiger partial charge in [-0.3, -0.25) is 4.98 Å². The molecule has 2 aromatic rings. The van der Waals surface area contributed by atoms with Gasteiger partial charge >= 0.3 is 5.97 Å². The SMILES string of the molecule is Cc1cc(Oc2ccccc2I)c(C(=O)O)cn1. The normalized spacial score (nSPS) is 10.1. The molecule has 18 heavy (non-hydrogen) atoms. The zero-order valence-corrected chi connectivity index (χ0v) is 11.7. The van der Waals surface area contributed by atoms with Gasteiger partial charge in [0.1, 0.15) is 17.1 Å². The standard InChI is InChI=1S/C13H10INO3/c1-8-6-12(9(7-15-8)13(16)17)18-11-5-3-2-4-10(11)14/h2-7H,1H3,(H,16,17). The Morgan fingerprint density at radius 1 is 1.33 bits per heavy atom. The summed E-state index contributed by atoms with van der Waals surface area (Å²) in [4.78, 5) is 15.0. The number of benzene rings is 1. The predicted octanol–water partition coefficient (Wildman–Crippen LogP) is 3.49. The van der Waals surface area contributed by atoms with Crippen LogP contribution in [-0.4, -0.2) is 16.1 Å². The van der Waals surface area contributed by atoms with Crippen LogP contribution in [0.15, 0.2) is 36.5 Å². The minimum atomic E-state index is -1.05. The van der Waals surface area contributed by atoms with Crippen molar-refractivity contribution in [2.75, 3.05) is 0 Å². The molecule has 2 rings (SSSR count). The first-order chi connectivity index (χ1) is 8.58. The van der Waals surface area contributed by atoms with Gasteiger partial charge in [0.15, 0.2) is 0 Å². The summed E-state index contributed by atoms with van der Waals surface area (Å²) in [7, 11) is 0. The molecule has 0 radical (unpaired) electrons. The number of nitrogens with zero attached hydrogens (tertiary/aromatic N) is 1. The highest BCUT2D eigenvalue weighted by molar-refractivity contribution is 14.1. The number of hydrogen-bond acceptors (Lipinski definition) is 3. The number of aromatic carboxylic acids is 1. The molecule has 0 amide bonds. The van der Waals surface area contributed by atoms with Gasteiger partial charge < -0.3 is 9.84 Å². The van der Waals surface area contributed by atoms with Crippen molar-refractivity contribution in [3.8, 4) is 11.5 Å². The molecule has 0 bridgehead atoms. The molecule has 0 aliphatic heterocycles. The Hall–Kier alpha value is -1.63. The van der Waals surface area contributed by atoms with E-state index in [-0.39, 0.29) is 5.56 Å². The third kappa shape index (κ3) is 2.79. The molecule has 0 aliphatic carbocycles. The lowest BCUT2D eigenvalue weighted by Crippen LogP contribution is -2.02. The van der Waals surface area contributed by atoms with Crippen molar-refractivity contribution < 1.29 is 14.6 Å². The molecule has 1 aromatic carbocycles. The van der Waals surface area contributed by atoms with Gasteiger partial charge in [-0.05, 0) is 41.6 Å². The largest absolute Gasteiger partial charge is 0.477 e. The molecule has 5 heteroatoms. The Balaban J connectivity index is 2.42. The topological polar surface area (TPSA) is 59.4 Å². The summed E-state index contributed by atoms with van der Waals surface area (Å²) in [5.74, 6) is -0.117. The average molecular weight is 355 g/mol. The maximum absolute atomic E-state index is 11.1. The van der Waals surface area contributed by atoms with E-state index >= 15 is 0 Å². The summed E-state index contributed by atoms with van der Waals surface area (Å²) >= 11 is 2.14. The van der Waals surface area contributed by atoms with Crippen LogP contribution in [0, 0.1) is 10.5 Å². The fourth-order valence-electron chi connectivity index (χ4n) is 1.43. The van der Waals surface area contributed by atoms with Crippen LogP contribution in [0.1, 0.15) is 16.1 Å². The second-order valence-corrected chi connectivity index (χ2v) is 4.82. The Kier molecular flexibility index (Phi) is 3.81. The van der Waals surface area contributed by atoms with Gasteiger partial charge in [-0.15, -0.1) is 0 Å². The van der Waals surface area contributed by atoms with E-state index in [0.717, 1.165) is 3.57 Å². The lowest BCUT2D eigenvalue weighted by Gasteiger charge is -2.10. The van der Waals surface area contributed by atoms with Crippen LogP contribution in [0.4, 0.5) is 0 Å². The van der Waals surface area contributed by atoms with E-state index in [9.17, 15) is 4.79 Å². The fourth-order valence-corrected chi connectivity index (χ4v) is 1.92. The highest BCUT2D eigenvalue weighted by Crippen LogP contribution is 2.29. The number of carbonyl (C=O) groups is 1. The molecule has 4 nitrogen and oxygen atoms in total. The van der Waals surface area contributed by atoms with E-state index in [4.69, 9.17) is 9.84 Å². The Morgan fingerprint density at radius 2 is 2.06 bits per heavy atom. The summed E-state index contributed by atoms with van der Waals surface area (Å²) in [5, 5.41) is 9.08. The van der Waals surface area contributed by atoms with Crippen molar-refractivity contribution in [3.05, 3.63) is 51.4 Å². The molecular weight excluding hydrogens is 345 g/mol. The second kappa shape index (κ2) is 5.34. The van der Waals surface area contributed by atoms with Crippen molar-refractivity contribution in [1.82, 2.24) is 4.98 Å². The molecule has 0 spiro atoms. The maximum Gasteiger partial charge on any atom is 0.341 e. The number of pyridine rings is 1. The fraction of sp³-hybridized carbons (Fsp3) is 0.0769. The number of aryl methyl sites for hydroxylation is 1. The molecule has 0 aliphatic rings. The highest BCUT2D eigenvalue weighted by atomic mass is 127. The number of carboxylic acids is 1. The molecule has 0 fully saturated rings. The number of para-hydroxylation sites is 1. The van der Waals surface area contributed by atoms with Crippen LogP contribution in [-0.2, 0) is 0 Å². The van der Waals surface area contributed by atoms with E-state index in [1.165, 1.54) is 6.20 Å². The van der Waals surface area contributed by atoms with Crippen molar-refractivity contribution in [1.29, 1.82) is 0 Å². The van der Waals surface area contributed by atoms with Crippen LogP contribution in [0.3, 0.4) is 0 Å². The molecule has 0 unspecified atom stereocenters. The third-order valence-corrected chi connectivity index (χ3v) is 3.18. The first kappa shape index (κ1) is 12.8. The Labute approximate surface area is 118 Å². The van der Waals surface area contributed by atoms with E-state index in [1.54, 1.807) is 19.1 Å². The number of hydrogen-bond donors (Lipinski definition) is 1. The zero-order chi connectivity index (χ0) is 13.1. The molecule has 1 heterocycles. The van der Waals surface area contributed by atoms with Crippen LogP contribution in [0.2, 0.25) is 0 Å². The first-order valence-electron chi connectivity index (χ1n) is 5.20. The number of rotatable bonds is 3. The monoisotopic (exact) mass is 355 g/mol. The van der Waals surface area contributed by atoms with E-state index in [1.807, 2.05) is 18.2 Å². The number of aromatic nitrogens is 1. The van der Waals surface area contributed by atoms with Crippen LogP contribution in [0.25, 0.3) is 0 Å². The van der Waals surface area contributed by atoms with Gasteiger partial charge in [-0.25, -0.2) is 4.79 Å². The van der Waals surface area contributed by atoms with Gasteiger partial charge in [0.05, 0.1) is 3.57 Å². The Morgan fingerprint density at radius 3 is 2.72 bits per heavy atom. The maximum atomic E-state index is 11.1. The molecular formula is C13H10INO3. The Bertz CT molecular complexity index is 599. The average Bonchev–Trinajstić information content (AvgIpc) is 2.32. The lowest BCUT2D eigenvalue weighted by molar-refractivity contribution is 0.0693. The van der Waals surface area contributed by atoms with Crippen LogP contribution in [0.5, 0.6) is 11.5 Å². The van der Waals surface area contributed by atoms with Crippen molar-refractivity contribution in [2.24, 2.45) is 0 Å². The van der Waals surface area contributed by atoms with Gasteiger partial charge in [-0.2, -0.15) is 0 Å². The number of halogens is 1. The van der Waals surface area contributed by atoms with Crippen LogP contribution < -0.4 is 4.74 Å². The van der Waals surface area contributed by atoms with Crippen LogP contribution >= 0.6 is 22.6 Å². The van der Waals surface area contributed by atoms with Crippen molar-refractivity contribution in [3.63, 3.8) is 0 Å². The van der Waals surface area contributed by atoms with Gasteiger partial charge in [0.2, 0.25) is 0 Å². The molecule has 1 N–H and O–H groups in total. The summed E-state index contributed by atoms with van der Waals surface area (Å²) < 4.78 is 6.57. The molecule has 0 saturated carbocycles. The smallest absolute Gasteiger partial charge is 0.341 e. The highest BCUT2D eigenvalue weighted by Gasteiger charge is 2.13. The second-order valence-electron chi connectivity index (χ2n) is 3.66. The summed E-state index contributed by atoms with van der Waals surface area (Å²) in [6.07, 6.45) is 1.31. The predicted molar refractivity (Wildman–Crippen MR) is 75.2 cm³/mol. The molecule has 92 valence electrons. The zero-order valence-electron chi connectivity index (χ0n) is 9.55. The number of ether oxygens (including phenoxy) is 1. The van der Waals surface area contributed by atoms with E-state index in [0.29, 0.717) is 17.2 Å². The van der Waals surface area contributed by atoms with E-state index in [2.05, 4.69) is 27.6 Å². The minimum Gasteiger partial charge on any atom is -0.477 e. The van der Waals surface area contributed by atoms with Gasteiger partial charge in [0, 0.05) is 18.0 Å². The summed E-state index contributed by atoms with van der Waals surface area (Å²) in [6.45, 7) is 1.79. The summed E-state index contributed by atoms with van der Waals surface area (Å²) in [5.41, 5.74) is 0.765. The third-order valence-electron chi connectivity index (χ3n) is 2.29. The van der Waals surface area contributed by atoms with Gasteiger partial charge in [0.25, 0.3) is 0 Å². The summed E-state index contributed by atoms with van der Waals surface area (Å²) in [6, 6.07) is 9.04. The molecule has 0 atom stereocenters. The lowest BCUT2D eigenvalue weighted by atomic mass is 10.2. The minimum absolute atomic E-state index is 0.0558. The van der Waals surface area contributed by atoms with Gasteiger partial charge in [-0.1, -0.05) is 12.1 Å². The van der Waals surface area contributed by atoms with Crippen molar-refractivity contribution >= 4 is 28.6 Å². The quantitative estimate of drug-likeness (QED) is 0.857. The van der Waals surface area contributed by atoms with Crippen molar-refractivity contribution in [2.45, 2.75) is 6.92 Å². The first-order valence-corrected chi connectivity index (χ1v) is 6.28. The molecule has 1 aromatic heterocycles. The van der Waals surface area contributed by atoms with E-state index < -0.39 is 5.97 Å². The number of carboxylic acid groups (broad SMARTS) is 1.